The van der Waals surface area contributed by atoms with Crippen LogP contribution in [-0.4, -0.2) is 12.1 Å². The zero-order valence-corrected chi connectivity index (χ0v) is 14.3. The molecule has 1 aromatic heterocycles. The molecule has 4 heteroatoms. The molecule has 1 aliphatic carbocycles. The van der Waals surface area contributed by atoms with Crippen molar-refractivity contribution in [1.29, 1.82) is 0 Å². The quantitative estimate of drug-likeness (QED) is 0.760. The number of benzene rings is 1. The van der Waals surface area contributed by atoms with E-state index in [0.29, 0.717) is 28.5 Å². The molecule has 0 N–H and O–H groups in total. The molecule has 1 aromatic carbocycles. The Morgan fingerprint density at radius 2 is 1.87 bits per heavy atom. The third kappa shape index (κ3) is 3.21. The number of nitrogens with zero attached hydrogens (tertiary/aromatic N) is 1. The molecule has 1 fully saturated rings. The Bertz CT molecular complexity index is 702. The number of halogens is 2. The van der Waals surface area contributed by atoms with E-state index in [1.807, 2.05) is 20.8 Å². The zero-order chi connectivity index (χ0) is 17.2. The van der Waals surface area contributed by atoms with Crippen molar-refractivity contribution in [3.63, 3.8) is 0 Å². The molecule has 1 unspecified atom stereocenters. The van der Waals surface area contributed by atoms with Crippen LogP contribution in [0.25, 0.3) is 11.3 Å². The van der Waals surface area contributed by atoms with Crippen LogP contribution in [0, 0.1) is 17.6 Å². The monoisotopic (exact) mass is 319 g/mol. The molecule has 0 bridgehead atoms. The Morgan fingerprint density at radius 1 is 1.22 bits per heavy atom. The van der Waals surface area contributed by atoms with Crippen LogP contribution in [0.4, 0.5) is 8.78 Å². The average molecular weight is 319 g/mol. The van der Waals surface area contributed by atoms with E-state index < -0.39 is 11.6 Å². The minimum atomic E-state index is -0.578. The van der Waals surface area contributed by atoms with Gasteiger partial charge in [-0.3, -0.25) is 4.98 Å². The zero-order valence-electron chi connectivity index (χ0n) is 14.3. The Morgan fingerprint density at radius 3 is 2.43 bits per heavy atom. The Balaban J connectivity index is 0.000000924. The summed E-state index contributed by atoms with van der Waals surface area (Å²) in [5.41, 5.74) is 1.35. The van der Waals surface area contributed by atoms with E-state index in [0.717, 1.165) is 12.5 Å². The number of ether oxygens (including phenoxy) is 1. The van der Waals surface area contributed by atoms with E-state index in [1.165, 1.54) is 6.07 Å². The molecule has 124 valence electrons. The minimum Gasteiger partial charge on any atom is -0.497 e. The first kappa shape index (κ1) is 17.4. The van der Waals surface area contributed by atoms with E-state index >= 15 is 0 Å². The van der Waals surface area contributed by atoms with E-state index in [4.69, 9.17) is 4.74 Å². The summed E-state index contributed by atoms with van der Waals surface area (Å²) in [4.78, 5) is 4.23. The molecule has 0 amide bonds. The molecule has 2 nitrogen and oxygen atoms in total. The van der Waals surface area contributed by atoms with Crippen LogP contribution in [0.2, 0.25) is 0 Å². The van der Waals surface area contributed by atoms with Crippen LogP contribution in [-0.2, 0) is 5.41 Å². The lowest BCUT2D eigenvalue weighted by atomic mass is 9.89. The Labute approximate surface area is 136 Å². The van der Waals surface area contributed by atoms with Gasteiger partial charge in [0.05, 0.1) is 12.8 Å². The number of hydrogen-bond acceptors (Lipinski definition) is 2. The highest BCUT2D eigenvalue weighted by Crippen LogP contribution is 2.56. The second kappa shape index (κ2) is 6.65. The first-order valence-corrected chi connectivity index (χ1v) is 7.95. The van der Waals surface area contributed by atoms with Crippen molar-refractivity contribution in [2.45, 2.75) is 39.5 Å². The van der Waals surface area contributed by atoms with Crippen molar-refractivity contribution in [2.75, 3.05) is 7.11 Å². The summed E-state index contributed by atoms with van der Waals surface area (Å²) in [6.45, 7) is 8.13. The smallest absolute Gasteiger partial charge is 0.135 e. The van der Waals surface area contributed by atoms with Gasteiger partial charge in [-0.15, -0.1) is 0 Å². The molecule has 2 atom stereocenters. The summed E-state index contributed by atoms with van der Waals surface area (Å²) >= 11 is 0. The molecular formula is C19H23F2NO. The van der Waals surface area contributed by atoms with Gasteiger partial charge >= 0.3 is 0 Å². The number of pyridine rings is 1. The van der Waals surface area contributed by atoms with Crippen LogP contribution in [0.5, 0.6) is 5.75 Å². The first-order chi connectivity index (χ1) is 11.0. The van der Waals surface area contributed by atoms with Gasteiger partial charge in [0.1, 0.15) is 17.4 Å². The number of hydrogen-bond donors (Lipinski definition) is 0. The second-order valence-corrected chi connectivity index (χ2v) is 5.91. The molecular weight excluding hydrogens is 296 g/mol. The summed E-state index contributed by atoms with van der Waals surface area (Å²) in [6, 6.07) is 5.72. The molecule has 0 saturated heterocycles. The maximum atomic E-state index is 14.4. The Kier molecular flexibility index (Phi) is 5.03. The van der Waals surface area contributed by atoms with Gasteiger partial charge in [0.15, 0.2) is 0 Å². The van der Waals surface area contributed by atoms with Crippen LogP contribution in [0.1, 0.15) is 39.7 Å². The predicted octanol–water partition coefficient (Wildman–Crippen LogP) is 5.36. The standard InChI is InChI=1S/C17H17F2NO.C2H6/c1-10-9-17(10,2)13-6-11(18)7-14(19)16(13)15-8-12(21-3)4-5-20-15;1-2/h4-8,10H,9H2,1-3H3;1-2H3/t10-,17?;/m1./s1. The lowest BCUT2D eigenvalue weighted by molar-refractivity contribution is 0.414. The van der Waals surface area contributed by atoms with Gasteiger partial charge in [0.2, 0.25) is 0 Å². The van der Waals surface area contributed by atoms with E-state index in [-0.39, 0.29) is 5.41 Å². The van der Waals surface area contributed by atoms with Crippen molar-refractivity contribution >= 4 is 0 Å². The number of aromatic nitrogens is 1. The number of rotatable bonds is 3. The normalized spacial score (nSPS) is 22.1. The van der Waals surface area contributed by atoms with Crippen LogP contribution >= 0.6 is 0 Å². The molecule has 0 aliphatic heterocycles. The fourth-order valence-electron chi connectivity index (χ4n) is 2.91. The van der Waals surface area contributed by atoms with Gasteiger partial charge in [-0.25, -0.2) is 8.78 Å². The maximum Gasteiger partial charge on any atom is 0.135 e. The van der Waals surface area contributed by atoms with Crippen LogP contribution < -0.4 is 4.74 Å². The van der Waals surface area contributed by atoms with Crippen molar-refractivity contribution in [2.24, 2.45) is 5.92 Å². The predicted molar refractivity (Wildman–Crippen MR) is 88.6 cm³/mol. The topological polar surface area (TPSA) is 22.1 Å². The molecule has 2 aromatic rings. The first-order valence-electron chi connectivity index (χ1n) is 7.95. The highest BCUT2D eigenvalue weighted by molar-refractivity contribution is 5.68. The van der Waals surface area contributed by atoms with Crippen molar-refractivity contribution in [1.82, 2.24) is 4.98 Å². The van der Waals surface area contributed by atoms with Crippen molar-refractivity contribution in [3.05, 3.63) is 47.7 Å². The summed E-state index contributed by atoms with van der Waals surface area (Å²) in [6.07, 6.45) is 2.49. The van der Waals surface area contributed by atoms with Gasteiger partial charge in [0, 0.05) is 23.9 Å². The fraction of sp³-hybridized carbons (Fsp3) is 0.421. The van der Waals surface area contributed by atoms with Gasteiger partial charge in [-0.1, -0.05) is 27.7 Å². The summed E-state index contributed by atoms with van der Waals surface area (Å²) < 4.78 is 33.2. The summed E-state index contributed by atoms with van der Waals surface area (Å²) in [7, 11) is 1.55. The minimum absolute atomic E-state index is 0.191. The molecule has 23 heavy (non-hydrogen) atoms. The third-order valence-electron chi connectivity index (χ3n) is 4.55. The SMILES string of the molecule is CC.COc1ccnc(-c2c(F)cc(F)cc2C2(C)C[C@H]2C)c1. The van der Waals surface area contributed by atoms with Gasteiger partial charge in [-0.05, 0) is 35.4 Å². The lowest BCUT2D eigenvalue weighted by Gasteiger charge is -2.17. The average Bonchev–Trinajstić information content (AvgIpc) is 3.17. The van der Waals surface area contributed by atoms with Crippen LogP contribution in [0.15, 0.2) is 30.5 Å². The summed E-state index contributed by atoms with van der Waals surface area (Å²) in [5, 5.41) is 0. The maximum absolute atomic E-state index is 14.4. The van der Waals surface area contributed by atoms with Crippen LogP contribution in [0.3, 0.4) is 0 Å². The summed E-state index contributed by atoms with van der Waals surface area (Å²) in [5.74, 6) is -0.118. The van der Waals surface area contributed by atoms with Crippen molar-refractivity contribution in [3.8, 4) is 17.0 Å². The molecule has 1 aliphatic rings. The fourth-order valence-corrected chi connectivity index (χ4v) is 2.91. The lowest BCUT2D eigenvalue weighted by Crippen LogP contribution is -2.08. The highest BCUT2D eigenvalue weighted by Gasteiger charge is 2.49. The second-order valence-electron chi connectivity index (χ2n) is 5.91. The van der Waals surface area contributed by atoms with Gasteiger partial charge in [0.25, 0.3) is 0 Å². The molecule has 1 heterocycles. The van der Waals surface area contributed by atoms with E-state index in [1.54, 1.807) is 25.4 Å². The van der Waals surface area contributed by atoms with Crippen molar-refractivity contribution < 1.29 is 13.5 Å². The third-order valence-corrected chi connectivity index (χ3v) is 4.55. The number of methoxy groups -OCH3 is 1. The van der Waals surface area contributed by atoms with E-state index in [9.17, 15) is 8.78 Å². The van der Waals surface area contributed by atoms with E-state index in [2.05, 4.69) is 11.9 Å². The molecule has 1 saturated carbocycles. The molecule has 0 radical (unpaired) electrons. The molecule has 0 spiro atoms. The van der Waals surface area contributed by atoms with Gasteiger partial charge in [-0.2, -0.15) is 0 Å². The van der Waals surface area contributed by atoms with Gasteiger partial charge < -0.3 is 4.74 Å². The largest absolute Gasteiger partial charge is 0.497 e. The Hall–Kier alpha value is -1.97. The molecule has 3 rings (SSSR count). The highest BCUT2D eigenvalue weighted by atomic mass is 19.1.